The van der Waals surface area contributed by atoms with E-state index in [-0.39, 0.29) is 5.91 Å². The van der Waals surface area contributed by atoms with Gasteiger partial charge in [0.05, 0.1) is 12.0 Å². The summed E-state index contributed by atoms with van der Waals surface area (Å²) in [5.41, 5.74) is 1.07. The van der Waals surface area contributed by atoms with Crippen LogP contribution in [0, 0.1) is 0 Å². The number of nitrogens with zero attached hydrogens (tertiary/aromatic N) is 3. The van der Waals surface area contributed by atoms with Gasteiger partial charge in [0.15, 0.2) is 5.76 Å². The van der Waals surface area contributed by atoms with Crippen molar-refractivity contribution in [3.8, 4) is 0 Å². The third kappa shape index (κ3) is 2.41. The molecule has 2 aromatic heterocycles. The molecule has 1 atom stereocenters. The highest BCUT2D eigenvalue weighted by molar-refractivity contribution is 5.91. The summed E-state index contributed by atoms with van der Waals surface area (Å²) in [6.45, 7) is 1.51. The zero-order valence-corrected chi connectivity index (χ0v) is 11.0. The van der Waals surface area contributed by atoms with Gasteiger partial charge in [-0.1, -0.05) is 0 Å². The van der Waals surface area contributed by atoms with Crippen molar-refractivity contribution < 1.29 is 9.21 Å². The SMILES string of the molecule is Cn1ccc(C2CCCN(C(=O)c3ccco3)C2)n1. The van der Waals surface area contributed by atoms with Crippen LogP contribution in [0.1, 0.15) is 35.0 Å². The summed E-state index contributed by atoms with van der Waals surface area (Å²) in [5, 5.41) is 4.45. The maximum absolute atomic E-state index is 12.2. The van der Waals surface area contributed by atoms with Crippen LogP contribution in [0.3, 0.4) is 0 Å². The highest BCUT2D eigenvalue weighted by atomic mass is 16.3. The van der Waals surface area contributed by atoms with Gasteiger partial charge >= 0.3 is 0 Å². The molecule has 19 heavy (non-hydrogen) atoms. The van der Waals surface area contributed by atoms with Crippen LogP contribution in [-0.4, -0.2) is 33.7 Å². The Morgan fingerprint density at radius 1 is 1.47 bits per heavy atom. The standard InChI is InChI=1S/C14H17N3O2/c1-16-8-6-12(15-16)11-4-2-7-17(10-11)14(18)13-5-3-9-19-13/h3,5-6,8-9,11H,2,4,7,10H2,1H3. The molecule has 2 aromatic rings. The number of amides is 1. The summed E-state index contributed by atoms with van der Waals surface area (Å²) in [5.74, 6) is 0.723. The first-order chi connectivity index (χ1) is 9.24. The molecule has 0 aliphatic carbocycles. The van der Waals surface area contributed by atoms with E-state index in [0.29, 0.717) is 11.7 Å². The predicted molar refractivity (Wildman–Crippen MR) is 69.8 cm³/mol. The molecule has 3 heterocycles. The predicted octanol–water partition coefficient (Wildman–Crippen LogP) is 2.03. The quantitative estimate of drug-likeness (QED) is 0.829. The molecule has 5 heteroatoms. The van der Waals surface area contributed by atoms with Gasteiger partial charge < -0.3 is 9.32 Å². The van der Waals surface area contributed by atoms with Crippen molar-refractivity contribution in [1.29, 1.82) is 0 Å². The molecule has 1 aliphatic rings. The number of rotatable bonds is 2. The zero-order valence-electron chi connectivity index (χ0n) is 11.0. The Bertz CT molecular complexity index is 559. The number of aromatic nitrogens is 2. The second-order valence-corrected chi connectivity index (χ2v) is 4.98. The molecule has 1 saturated heterocycles. The van der Waals surface area contributed by atoms with E-state index in [1.807, 2.05) is 28.9 Å². The summed E-state index contributed by atoms with van der Waals surface area (Å²) in [6.07, 6.45) is 5.57. The van der Waals surface area contributed by atoms with Crippen molar-refractivity contribution in [3.05, 3.63) is 42.1 Å². The molecule has 5 nitrogen and oxygen atoms in total. The van der Waals surface area contributed by atoms with Gasteiger partial charge in [-0.3, -0.25) is 9.48 Å². The van der Waals surface area contributed by atoms with Crippen molar-refractivity contribution in [2.24, 2.45) is 7.05 Å². The maximum Gasteiger partial charge on any atom is 0.289 e. The van der Waals surface area contributed by atoms with Gasteiger partial charge in [0.25, 0.3) is 5.91 Å². The molecule has 0 spiro atoms. The average molecular weight is 259 g/mol. The van der Waals surface area contributed by atoms with Gasteiger partial charge in [0, 0.05) is 32.3 Å². The number of carbonyl (C=O) groups is 1. The fourth-order valence-electron chi connectivity index (χ4n) is 2.61. The molecule has 0 radical (unpaired) electrons. The molecular formula is C14H17N3O2. The minimum atomic E-state index is -0.0226. The van der Waals surface area contributed by atoms with Gasteiger partial charge in [0.2, 0.25) is 0 Å². The van der Waals surface area contributed by atoms with E-state index in [2.05, 4.69) is 5.10 Å². The Kier molecular flexibility index (Phi) is 3.11. The van der Waals surface area contributed by atoms with Crippen LogP contribution >= 0.6 is 0 Å². The second-order valence-electron chi connectivity index (χ2n) is 4.98. The first kappa shape index (κ1) is 12.0. The normalized spacial score (nSPS) is 19.6. The highest BCUT2D eigenvalue weighted by Crippen LogP contribution is 2.26. The third-order valence-electron chi connectivity index (χ3n) is 3.59. The highest BCUT2D eigenvalue weighted by Gasteiger charge is 2.27. The molecule has 1 aliphatic heterocycles. The maximum atomic E-state index is 12.2. The topological polar surface area (TPSA) is 51.3 Å². The molecule has 1 unspecified atom stereocenters. The summed E-state index contributed by atoms with van der Waals surface area (Å²) in [7, 11) is 1.91. The van der Waals surface area contributed by atoms with Gasteiger partial charge in [-0.25, -0.2) is 0 Å². The average Bonchev–Trinajstić information content (AvgIpc) is 3.09. The van der Waals surface area contributed by atoms with Crippen molar-refractivity contribution >= 4 is 5.91 Å². The third-order valence-corrected chi connectivity index (χ3v) is 3.59. The van der Waals surface area contributed by atoms with Gasteiger partial charge in [0.1, 0.15) is 0 Å². The van der Waals surface area contributed by atoms with Gasteiger partial charge in [-0.05, 0) is 31.0 Å². The van der Waals surface area contributed by atoms with E-state index >= 15 is 0 Å². The summed E-state index contributed by atoms with van der Waals surface area (Å²) in [6, 6.07) is 5.49. The van der Waals surface area contributed by atoms with Crippen molar-refractivity contribution in [2.75, 3.05) is 13.1 Å². The lowest BCUT2D eigenvalue weighted by Gasteiger charge is -2.31. The van der Waals surface area contributed by atoms with Crippen LogP contribution < -0.4 is 0 Å². The molecule has 1 amide bonds. The summed E-state index contributed by atoms with van der Waals surface area (Å²) >= 11 is 0. The van der Waals surface area contributed by atoms with Crippen LogP contribution in [0.25, 0.3) is 0 Å². The lowest BCUT2D eigenvalue weighted by atomic mass is 9.95. The van der Waals surface area contributed by atoms with E-state index in [0.717, 1.165) is 31.6 Å². The Balaban J connectivity index is 1.73. The molecule has 0 aromatic carbocycles. The minimum Gasteiger partial charge on any atom is -0.459 e. The number of hydrogen-bond acceptors (Lipinski definition) is 3. The molecule has 1 fully saturated rings. The number of furan rings is 1. The Hall–Kier alpha value is -2.04. The first-order valence-corrected chi connectivity index (χ1v) is 6.56. The van der Waals surface area contributed by atoms with Crippen molar-refractivity contribution in [2.45, 2.75) is 18.8 Å². The lowest BCUT2D eigenvalue weighted by molar-refractivity contribution is 0.0673. The largest absolute Gasteiger partial charge is 0.459 e. The van der Waals surface area contributed by atoms with E-state index < -0.39 is 0 Å². The number of hydrogen-bond donors (Lipinski definition) is 0. The zero-order chi connectivity index (χ0) is 13.2. The minimum absolute atomic E-state index is 0.0226. The van der Waals surface area contributed by atoms with Crippen molar-refractivity contribution in [3.63, 3.8) is 0 Å². The van der Waals surface area contributed by atoms with Crippen LogP contribution in [0.15, 0.2) is 35.1 Å². The van der Waals surface area contributed by atoms with Crippen LogP contribution in [-0.2, 0) is 7.05 Å². The van der Waals surface area contributed by atoms with Crippen LogP contribution in [0.5, 0.6) is 0 Å². The monoisotopic (exact) mass is 259 g/mol. The van der Waals surface area contributed by atoms with E-state index in [1.54, 1.807) is 12.1 Å². The molecule has 0 N–H and O–H groups in total. The molecule has 0 saturated carbocycles. The van der Waals surface area contributed by atoms with E-state index in [1.165, 1.54) is 6.26 Å². The Labute approximate surface area is 111 Å². The first-order valence-electron chi connectivity index (χ1n) is 6.56. The molecular weight excluding hydrogens is 242 g/mol. The summed E-state index contributed by atoms with van der Waals surface area (Å²) < 4.78 is 6.99. The van der Waals surface area contributed by atoms with Crippen LogP contribution in [0.4, 0.5) is 0 Å². The fraction of sp³-hybridized carbons (Fsp3) is 0.429. The number of piperidine rings is 1. The molecule has 0 bridgehead atoms. The summed E-state index contributed by atoms with van der Waals surface area (Å²) in [4.78, 5) is 14.1. The Morgan fingerprint density at radius 3 is 3.05 bits per heavy atom. The second kappa shape index (κ2) is 4.91. The lowest BCUT2D eigenvalue weighted by Crippen LogP contribution is -2.39. The molecule has 3 rings (SSSR count). The van der Waals surface area contributed by atoms with Gasteiger partial charge in [-0.15, -0.1) is 0 Å². The number of likely N-dealkylation sites (tertiary alicyclic amines) is 1. The van der Waals surface area contributed by atoms with E-state index in [4.69, 9.17) is 4.42 Å². The van der Waals surface area contributed by atoms with Crippen molar-refractivity contribution in [1.82, 2.24) is 14.7 Å². The van der Waals surface area contributed by atoms with E-state index in [9.17, 15) is 4.79 Å². The number of carbonyl (C=O) groups excluding carboxylic acids is 1. The Morgan fingerprint density at radius 2 is 2.37 bits per heavy atom. The van der Waals surface area contributed by atoms with Gasteiger partial charge in [-0.2, -0.15) is 5.10 Å². The molecule has 100 valence electrons. The fourth-order valence-corrected chi connectivity index (χ4v) is 2.61. The number of aryl methyl sites for hydroxylation is 1. The van der Waals surface area contributed by atoms with Crippen LogP contribution in [0.2, 0.25) is 0 Å². The smallest absolute Gasteiger partial charge is 0.289 e.